The third kappa shape index (κ3) is 5.42. The second-order valence-electron chi connectivity index (χ2n) is 9.54. The van der Waals surface area contributed by atoms with Crippen molar-refractivity contribution in [1.82, 2.24) is 10.3 Å². The van der Waals surface area contributed by atoms with E-state index in [0.717, 1.165) is 22.7 Å². The van der Waals surface area contributed by atoms with Gasteiger partial charge in [-0.05, 0) is 97.1 Å². The van der Waals surface area contributed by atoms with Crippen molar-refractivity contribution < 1.29 is 23.4 Å². The summed E-state index contributed by atoms with van der Waals surface area (Å²) >= 11 is 5.85. The number of methoxy groups -OCH3 is 2. The van der Waals surface area contributed by atoms with Crippen LogP contribution in [-0.2, 0) is 4.74 Å². The number of ether oxygens (including phenoxy) is 3. The lowest BCUT2D eigenvalue weighted by atomic mass is 10.0. The first-order valence-corrected chi connectivity index (χ1v) is 13.7. The molecule has 0 aliphatic carbocycles. The molecule has 0 unspecified atom stereocenters. The van der Waals surface area contributed by atoms with Gasteiger partial charge in [0.1, 0.15) is 34.8 Å². The van der Waals surface area contributed by atoms with E-state index in [1.54, 1.807) is 31.5 Å². The van der Waals surface area contributed by atoms with Crippen molar-refractivity contribution in [1.29, 1.82) is 0 Å². The van der Waals surface area contributed by atoms with Gasteiger partial charge in [0.15, 0.2) is 5.11 Å². The van der Waals surface area contributed by atoms with E-state index in [1.807, 2.05) is 89.8 Å². The molecule has 2 atom stereocenters. The van der Waals surface area contributed by atoms with Gasteiger partial charge in [0, 0.05) is 17.4 Å². The summed E-state index contributed by atoms with van der Waals surface area (Å²) < 4.78 is 22.6. The van der Waals surface area contributed by atoms with Gasteiger partial charge in [0.2, 0.25) is 0 Å². The number of pyridine rings is 1. The molecule has 1 aliphatic rings. The topological polar surface area (TPSA) is 86.1 Å². The maximum atomic E-state index is 12.1. The first-order valence-electron chi connectivity index (χ1n) is 13.2. The van der Waals surface area contributed by atoms with E-state index in [9.17, 15) is 4.79 Å². The van der Waals surface area contributed by atoms with E-state index in [-0.39, 0.29) is 12.1 Å². The first kappa shape index (κ1) is 27.0. The number of furan rings is 1. The molecule has 0 spiro atoms. The van der Waals surface area contributed by atoms with Crippen LogP contribution in [0.25, 0.3) is 11.3 Å². The van der Waals surface area contributed by atoms with Crippen molar-refractivity contribution in [2.24, 2.45) is 0 Å². The minimum atomic E-state index is -0.408. The molecule has 1 saturated heterocycles. The molecule has 0 radical (unpaired) electrons. The lowest BCUT2D eigenvalue weighted by molar-refractivity contribution is 0.0600. The van der Waals surface area contributed by atoms with Crippen molar-refractivity contribution in [3.05, 3.63) is 126 Å². The normalized spacial score (nSPS) is 16.1. The summed E-state index contributed by atoms with van der Waals surface area (Å²) in [5.41, 5.74) is 2.90. The summed E-state index contributed by atoms with van der Waals surface area (Å²) in [6.45, 7) is 0. The highest BCUT2D eigenvalue weighted by atomic mass is 32.1. The first-order chi connectivity index (χ1) is 20.5. The molecule has 0 bridgehead atoms. The minimum absolute atomic E-state index is 0.269. The molecule has 8 nitrogen and oxygen atoms in total. The molecule has 5 aromatic rings. The fraction of sp³-hybridized carbons (Fsp3) is 0.121. The molecule has 1 N–H and O–H groups in total. The van der Waals surface area contributed by atoms with Crippen molar-refractivity contribution in [3.8, 4) is 28.6 Å². The number of rotatable bonds is 8. The molecule has 3 aromatic carbocycles. The Morgan fingerprint density at radius 2 is 1.62 bits per heavy atom. The van der Waals surface area contributed by atoms with Gasteiger partial charge in [0.25, 0.3) is 0 Å². The number of carbonyl (C=O) groups is 1. The van der Waals surface area contributed by atoms with Crippen LogP contribution in [0, 0.1) is 0 Å². The Kier molecular flexibility index (Phi) is 7.57. The highest BCUT2D eigenvalue weighted by molar-refractivity contribution is 7.80. The van der Waals surface area contributed by atoms with Crippen molar-refractivity contribution in [3.63, 3.8) is 0 Å². The minimum Gasteiger partial charge on any atom is -0.497 e. The van der Waals surface area contributed by atoms with Crippen LogP contribution in [0.1, 0.15) is 33.9 Å². The summed E-state index contributed by atoms with van der Waals surface area (Å²) in [7, 11) is 2.99. The largest absolute Gasteiger partial charge is 0.497 e. The van der Waals surface area contributed by atoms with E-state index in [4.69, 9.17) is 30.8 Å². The standard InChI is InChI=1S/C33H27N3O5S/c1-38-24-13-15-26(16-14-24)40-25-11-9-23(10-12-25)36-31(30(35-33(36)42)27-8-3-4-19-34-27)29-18-17-28(41-29)21-6-5-7-22(20-21)32(37)39-2/h3-20,30-31H,1-2H3,(H,35,42)/t30-,31-/m0/s1. The number of thiocarbonyl (C=S) groups is 1. The summed E-state index contributed by atoms with van der Waals surface area (Å²) in [6, 6.07) is 31.3. The monoisotopic (exact) mass is 577 g/mol. The molecule has 9 heteroatoms. The van der Waals surface area contributed by atoms with Gasteiger partial charge < -0.3 is 28.8 Å². The zero-order chi connectivity index (χ0) is 29.1. The summed E-state index contributed by atoms with van der Waals surface area (Å²) in [6.07, 6.45) is 1.76. The number of carbonyl (C=O) groups excluding carboxylic acids is 1. The molecular weight excluding hydrogens is 550 g/mol. The Hall–Kier alpha value is -5.15. The summed E-state index contributed by atoms with van der Waals surface area (Å²) in [4.78, 5) is 18.7. The predicted molar refractivity (Wildman–Crippen MR) is 163 cm³/mol. The Morgan fingerprint density at radius 3 is 2.31 bits per heavy atom. The summed E-state index contributed by atoms with van der Waals surface area (Å²) in [5.74, 6) is 3.06. The van der Waals surface area contributed by atoms with Crippen LogP contribution in [0.2, 0.25) is 0 Å². The zero-order valence-corrected chi connectivity index (χ0v) is 23.7. The molecule has 1 fully saturated rings. The second kappa shape index (κ2) is 11.8. The van der Waals surface area contributed by atoms with E-state index in [0.29, 0.717) is 33.7 Å². The third-order valence-electron chi connectivity index (χ3n) is 6.99. The Bertz CT molecular complexity index is 1700. The highest BCUT2D eigenvalue weighted by Gasteiger charge is 2.42. The Labute approximate surface area is 248 Å². The van der Waals surface area contributed by atoms with Crippen LogP contribution in [-0.4, -0.2) is 30.3 Å². The fourth-order valence-electron chi connectivity index (χ4n) is 4.96. The lowest BCUT2D eigenvalue weighted by Crippen LogP contribution is -2.29. The number of nitrogens with zero attached hydrogens (tertiary/aromatic N) is 2. The average molecular weight is 578 g/mol. The van der Waals surface area contributed by atoms with Gasteiger partial charge in [-0.2, -0.15) is 0 Å². The molecule has 2 aromatic heterocycles. The molecule has 42 heavy (non-hydrogen) atoms. The van der Waals surface area contributed by atoms with Crippen LogP contribution in [0.5, 0.6) is 17.2 Å². The molecular formula is C33H27N3O5S. The lowest BCUT2D eigenvalue weighted by Gasteiger charge is -2.26. The van der Waals surface area contributed by atoms with Gasteiger partial charge in [-0.1, -0.05) is 18.2 Å². The van der Waals surface area contributed by atoms with E-state index < -0.39 is 5.97 Å². The summed E-state index contributed by atoms with van der Waals surface area (Å²) in [5, 5.41) is 3.99. The number of hydrogen-bond donors (Lipinski definition) is 1. The highest BCUT2D eigenvalue weighted by Crippen LogP contribution is 2.43. The molecule has 3 heterocycles. The van der Waals surface area contributed by atoms with Crippen LogP contribution in [0.15, 0.2) is 114 Å². The Morgan fingerprint density at radius 1 is 0.881 bits per heavy atom. The molecule has 1 aliphatic heterocycles. The smallest absolute Gasteiger partial charge is 0.337 e. The van der Waals surface area contributed by atoms with Crippen LogP contribution >= 0.6 is 12.2 Å². The van der Waals surface area contributed by atoms with Gasteiger partial charge in [-0.15, -0.1) is 0 Å². The predicted octanol–water partition coefficient (Wildman–Crippen LogP) is 7.11. The van der Waals surface area contributed by atoms with Crippen molar-refractivity contribution >= 4 is 29.0 Å². The molecule has 0 saturated carbocycles. The number of hydrogen-bond acceptors (Lipinski definition) is 7. The van der Waals surface area contributed by atoms with Gasteiger partial charge in [0.05, 0.1) is 31.5 Å². The molecule has 0 amide bonds. The molecule has 6 rings (SSSR count). The van der Waals surface area contributed by atoms with Crippen molar-refractivity contribution in [2.75, 3.05) is 19.1 Å². The second-order valence-corrected chi connectivity index (χ2v) is 9.93. The SMILES string of the molecule is COC(=O)c1cccc(-c2ccc([C@H]3[C@H](c4ccccn4)NC(=S)N3c3ccc(Oc4ccc(OC)cc4)cc3)o2)c1. The number of benzene rings is 3. The van der Waals surface area contributed by atoms with Gasteiger partial charge in [-0.3, -0.25) is 4.98 Å². The third-order valence-corrected chi connectivity index (χ3v) is 7.31. The van der Waals surface area contributed by atoms with Gasteiger partial charge in [-0.25, -0.2) is 4.79 Å². The maximum absolute atomic E-state index is 12.1. The number of esters is 1. The zero-order valence-electron chi connectivity index (χ0n) is 22.9. The number of anilines is 1. The van der Waals surface area contributed by atoms with Crippen LogP contribution < -0.4 is 19.7 Å². The van der Waals surface area contributed by atoms with Gasteiger partial charge >= 0.3 is 5.97 Å². The quantitative estimate of drug-likeness (QED) is 0.153. The maximum Gasteiger partial charge on any atom is 0.337 e. The Balaban J connectivity index is 1.33. The number of aromatic nitrogens is 1. The van der Waals surface area contributed by atoms with Crippen molar-refractivity contribution in [2.45, 2.75) is 12.1 Å². The van der Waals surface area contributed by atoms with E-state index in [1.165, 1.54) is 7.11 Å². The van der Waals surface area contributed by atoms with E-state index >= 15 is 0 Å². The number of nitrogens with one attached hydrogen (secondary N) is 1. The van der Waals surface area contributed by atoms with Crippen LogP contribution in [0.4, 0.5) is 5.69 Å². The van der Waals surface area contributed by atoms with Crippen LogP contribution in [0.3, 0.4) is 0 Å². The average Bonchev–Trinajstić information content (AvgIpc) is 3.67. The fourth-order valence-corrected chi connectivity index (χ4v) is 5.31. The van der Waals surface area contributed by atoms with E-state index in [2.05, 4.69) is 10.3 Å². The molecule has 210 valence electrons.